The SMILES string of the molecule is CCC(C)n1ncn(-c2ccc(NCCNc3ccc(OCC4COC(C)(c5ccc(Cl)cc5Cl)O4)cc3)cc2)c1=O. The molecule has 0 spiro atoms. The number of rotatable bonds is 12. The summed E-state index contributed by atoms with van der Waals surface area (Å²) in [4.78, 5) is 12.6. The van der Waals surface area contributed by atoms with Crippen LogP contribution in [0.15, 0.2) is 77.9 Å². The maximum Gasteiger partial charge on any atom is 0.350 e. The summed E-state index contributed by atoms with van der Waals surface area (Å²) in [6.45, 7) is 8.06. The van der Waals surface area contributed by atoms with E-state index in [4.69, 9.17) is 37.4 Å². The van der Waals surface area contributed by atoms with Crippen molar-refractivity contribution in [1.29, 1.82) is 0 Å². The van der Waals surface area contributed by atoms with Gasteiger partial charge in [0.1, 0.15) is 24.8 Å². The lowest BCUT2D eigenvalue weighted by Crippen LogP contribution is -2.26. The molecule has 1 aliphatic rings. The Morgan fingerprint density at radius 3 is 2.36 bits per heavy atom. The predicted octanol–water partition coefficient (Wildman–Crippen LogP) is 6.50. The van der Waals surface area contributed by atoms with Gasteiger partial charge in [-0.2, -0.15) is 5.10 Å². The van der Waals surface area contributed by atoms with Crippen LogP contribution >= 0.6 is 23.2 Å². The van der Waals surface area contributed by atoms with Gasteiger partial charge in [0, 0.05) is 35.1 Å². The molecule has 0 radical (unpaired) electrons. The molecule has 3 atom stereocenters. The Morgan fingerprint density at radius 1 is 1.05 bits per heavy atom. The molecule has 11 heteroatoms. The minimum absolute atomic E-state index is 0.0659. The van der Waals surface area contributed by atoms with E-state index in [1.165, 1.54) is 4.68 Å². The van der Waals surface area contributed by atoms with Gasteiger partial charge in [-0.25, -0.2) is 14.0 Å². The minimum Gasteiger partial charge on any atom is -0.491 e. The van der Waals surface area contributed by atoms with Crippen molar-refractivity contribution < 1.29 is 14.2 Å². The molecule has 3 aromatic carbocycles. The summed E-state index contributed by atoms with van der Waals surface area (Å²) in [5, 5.41) is 12.1. The third-order valence-corrected chi connectivity index (χ3v) is 7.83. The Morgan fingerprint density at radius 2 is 1.71 bits per heavy atom. The van der Waals surface area contributed by atoms with Gasteiger partial charge in [0.05, 0.1) is 23.4 Å². The van der Waals surface area contributed by atoms with Crippen LogP contribution < -0.4 is 21.1 Å². The fraction of sp³-hybridized carbons (Fsp3) is 0.355. The average Bonchev–Trinajstić information content (AvgIpc) is 3.57. The molecule has 0 amide bonds. The lowest BCUT2D eigenvalue weighted by molar-refractivity contribution is -0.164. The molecule has 0 saturated carbocycles. The van der Waals surface area contributed by atoms with Crippen molar-refractivity contribution in [2.24, 2.45) is 0 Å². The highest BCUT2D eigenvalue weighted by Crippen LogP contribution is 2.38. The Hall–Kier alpha value is -3.50. The molecular weight excluding hydrogens is 577 g/mol. The number of hydrogen-bond donors (Lipinski definition) is 2. The molecule has 0 aliphatic carbocycles. The van der Waals surface area contributed by atoms with Crippen LogP contribution in [0.5, 0.6) is 5.75 Å². The molecule has 222 valence electrons. The van der Waals surface area contributed by atoms with Crippen LogP contribution in [0.3, 0.4) is 0 Å². The van der Waals surface area contributed by atoms with Crippen LogP contribution in [-0.2, 0) is 15.3 Å². The zero-order chi connectivity index (χ0) is 29.7. The second kappa shape index (κ2) is 13.2. The average molecular weight is 613 g/mol. The summed E-state index contributed by atoms with van der Waals surface area (Å²) in [6, 6.07) is 20.9. The van der Waals surface area contributed by atoms with Crippen LogP contribution in [0, 0.1) is 0 Å². The molecule has 2 heterocycles. The Kier molecular flexibility index (Phi) is 9.43. The predicted molar refractivity (Wildman–Crippen MR) is 166 cm³/mol. The summed E-state index contributed by atoms with van der Waals surface area (Å²) in [7, 11) is 0. The lowest BCUT2D eigenvalue weighted by atomic mass is 10.1. The van der Waals surface area contributed by atoms with E-state index in [1.54, 1.807) is 23.0 Å². The van der Waals surface area contributed by atoms with Crippen molar-refractivity contribution in [2.75, 3.05) is 36.9 Å². The van der Waals surface area contributed by atoms with E-state index in [2.05, 4.69) is 15.7 Å². The van der Waals surface area contributed by atoms with Gasteiger partial charge in [-0.3, -0.25) is 0 Å². The van der Waals surface area contributed by atoms with Crippen molar-refractivity contribution in [2.45, 2.75) is 45.1 Å². The number of anilines is 2. The first kappa shape index (κ1) is 30.0. The molecule has 5 rings (SSSR count). The van der Waals surface area contributed by atoms with Gasteiger partial charge in [0.15, 0.2) is 5.79 Å². The standard InChI is InChI=1S/C31H35Cl2N5O4/c1-4-21(2)38-30(39)37(20-36-38)25-10-6-23(7-11-25)34-15-16-35-24-8-12-26(13-9-24)40-18-27-19-41-31(3,42-27)28-14-5-22(32)17-29(28)33/h5-14,17,20-21,27,34-35H,4,15-16,18-19H2,1-3H3. The number of ether oxygens (including phenoxy) is 3. The first-order valence-corrected chi connectivity index (χ1v) is 14.8. The first-order chi connectivity index (χ1) is 20.3. The van der Waals surface area contributed by atoms with Crippen LogP contribution in [0.1, 0.15) is 38.8 Å². The van der Waals surface area contributed by atoms with Crippen LogP contribution in [-0.4, -0.2) is 46.8 Å². The molecule has 2 N–H and O–H groups in total. The zero-order valence-corrected chi connectivity index (χ0v) is 25.4. The van der Waals surface area contributed by atoms with Gasteiger partial charge >= 0.3 is 5.69 Å². The summed E-state index contributed by atoms with van der Waals surface area (Å²) < 4.78 is 21.1. The zero-order valence-electron chi connectivity index (χ0n) is 23.8. The van der Waals surface area contributed by atoms with Gasteiger partial charge in [-0.05, 0) is 80.9 Å². The van der Waals surface area contributed by atoms with Crippen LogP contribution in [0.2, 0.25) is 10.0 Å². The van der Waals surface area contributed by atoms with Gasteiger partial charge in [0.25, 0.3) is 0 Å². The molecule has 3 unspecified atom stereocenters. The van der Waals surface area contributed by atoms with Gasteiger partial charge in [-0.1, -0.05) is 36.2 Å². The first-order valence-electron chi connectivity index (χ1n) is 14.0. The largest absolute Gasteiger partial charge is 0.491 e. The second-order valence-corrected chi connectivity index (χ2v) is 11.2. The molecule has 1 fully saturated rings. The Labute approximate surface area is 255 Å². The summed E-state index contributed by atoms with van der Waals surface area (Å²) in [5.74, 6) is -0.203. The van der Waals surface area contributed by atoms with Crippen LogP contribution in [0.4, 0.5) is 11.4 Å². The van der Waals surface area contributed by atoms with Crippen molar-refractivity contribution >= 4 is 34.6 Å². The van der Waals surface area contributed by atoms with Crippen molar-refractivity contribution in [1.82, 2.24) is 14.3 Å². The molecule has 9 nitrogen and oxygen atoms in total. The van der Waals surface area contributed by atoms with E-state index in [0.29, 0.717) is 23.3 Å². The smallest absolute Gasteiger partial charge is 0.350 e. The molecular formula is C31H35Cl2N5O4. The van der Waals surface area contributed by atoms with Crippen molar-refractivity contribution in [3.05, 3.63) is 99.2 Å². The quantitative estimate of drug-likeness (QED) is 0.177. The summed E-state index contributed by atoms with van der Waals surface area (Å²) >= 11 is 12.4. The summed E-state index contributed by atoms with van der Waals surface area (Å²) in [6.07, 6.45) is 2.19. The Bertz CT molecular complexity index is 1540. The van der Waals surface area contributed by atoms with E-state index in [-0.39, 0.29) is 17.8 Å². The number of nitrogens with one attached hydrogen (secondary N) is 2. The maximum absolute atomic E-state index is 12.6. The normalized spacial score (nSPS) is 19.0. The van der Waals surface area contributed by atoms with Crippen molar-refractivity contribution in [3.8, 4) is 11.4 Å². The van der Waals surface area contributed by atoms with E-state index in [0.717, 1.165) is 47.9 Å². The van der Waals surface area contributed by atoms with Gasteiger partial charge in [-0.15, -0.1) is 0 Å². The molecule has 1 aliphatic heterocycles. The van der Waals surface area contributed by atoms with Crippen LogP contribution in [0.25, 0.3) is 5.69 Å². The van der Waals surface area contributed by atoms with Crippen molar-refractivity contribution in [3.63, 3.8) is 0 Å². The second-order valence-electron chi connectivity index (χ2n) is 10.3. The third-order valence-electron chi connectivity index (χ3n) is 7.28. The lowest BCUT2D eigenvalue weighted by Gasteiger charge is -2.25. The number of nitrogens with zero attached hydrogens (tertiary/aromatic N) is 3. The van der Waals surface area contributed by atoms with E-state index < -0.39 is 5.79 Å². The monoisotopic (exact) mass is 611 g/mol. The Balaban J connectivity index is 1.04. The number of hydrogen-bond acceptors (Lipinski definition) is 7. The highest BCUT2D eigenvalue weighted by atomic mass is 35.5. The topological polar surface area (TPSA) is 91.6 Å². The fourth-order valence-corrected chi connectivity index (χ4v) is 5.28. The third kappa shape index (κ3) is 6.93. The molecule has 42 heavy (non-hydrogen) atoms. The number of aromatic nitrogens is 3. The van der Waals surface area contributed by atoms with Gasteiger partial charge in [0.2, 0.25) is 0 Å². The number of benzene rings is 3. The summed E-state index contributed by atoms with van der Waals surface area (Å²) in [5.41, 5.74) is 3.35. The highest BCUT2D eigenvalue weighted by molar-refractivity contribution is 6.35. The van der Waals surface area contributed by atoms with E-state index >= 15 is 0 Å². The molecule has 1 saturated heterocycles. The fourth-order valence-electron chi connectivity index (χ4n) is 4.70. The van der Waals surface area contributed by atoms with E-state index in [9.17, 15) is 4.79 Å². The maximum atomic E-state index is 12.6. The highest BCUT2D eigenvalue weighted by Gasteiger charge is 2.40. The molecule has 1 aromatic heterocycles. The molecule has 0 bridgehead atoms. The van der Waals surface area contributed by atoms with Gasteiger partial charge < -0.3 is 24.8 Å². The minimum atomic E-state index is -0.948. The number of halogens is 2. The molecule has 4 aromatic rings. The van der Waals surface area contributed by atoms with E-state index in [1.807, 2.05) is 75.4 Å².